The third-order valence-electron chi connectivity index (χ3n) is 11.0. The molecule has 2 fully saturated rings. The van der Waals surface area contributed by atoms with Crippen LogP contribution in [-0.2, 0) is 64.1 Å². The van der Waals surface area contributed by atoms with Crippen molar-refractivity contribution in [3.05, 3.63) is 120 Å². The summed E-state index contributed by atoms with van der Waals surface area (Å²) in [6.07, 6.45) is -5.75. The number of nitrogens with zero attached hydrogens (tertiary/aromatic N) is 6. The van der Waals surface area contributed by atoms with Crippen molar-refractivity contribution in [1.82, 2.24) is 39.7 Å². The van der Waals surface area contributed by atoms with Crippen molar-refractivity contribution in [2.75, 3.05) is 24.7 Å². The molecular weight excluding hydrogens is 962 g/mol. The Morgan fingerprint density at radius 1 is 0.886 bits per heavy atom. The highest BCUT2D eigenvalue weighted by atomic mass is 31.2. The van der Waals surface area contributed by atoms with Crippen molar-refractivity contribution in [3.63, 3.8) is 0 Å². The molecule has 10 N–H and O–H groups in total. The fourth-order valence-corrected chi connectivity index (χ4v) is 8.99. The van der Waals surface area contributed by atoms with Crippen LogP contribution in [0, 0.1) is 0 Å². The van der Waals surface area contributed by atoms with Gasteiger partial charge in [-0.3, -0.25) is 32.3 Å². The maximum atomic E-state index is 14.5. The zero-order valence-electron chi connectivity index (χ0n) is 36.9. The number of benzene rings is 2. The van der Waals surface area contributed by atoms with Crippen LogP contribution < -0.4 is 27.8 Å². The summed E-state index contributed by atoms with van der Waals surface area (Å²) in [4.78, 5) is 100.0. The molecule has 70 heavy (non-hydrogen) atoms. The summed E-state index contributed by atoms with van der Waals surface area (Å²) in [6.45, 7) is 1.83. The van der Waals surface area contributed by atoms with Gasteiger partial charge in [0.2, 0.25) is 11.8 Å². The second-order valence-electron chi connectivity index (χ2n) is 16.0. The Bertz CT molecular complexity index is 2800. The number of esters is 1. The number of fused-ring (bicyclic) bond motifs is 1. The Balaban J connectivity index is 1.14. The summed E-state index contributed by atoms with van der Waals surface area (Å²) < 4.78 is 60.8. The minimum absolute atomic E-state index is 0.0143. The minimum Gasteiger partial charge on any atom is -0.455 e. The van der Waals surface area contributed by atoms with Gasteiger partial charge in [0.1, 0.15) is 60.4 Å². The van der Waals surface area contributed by atoms with Crippen molar-refractivity contribution >= 4 is 56.2 Å². The number of anilines is 2. The first-order valence-corrected chi connectivity index (χ1v) is 24.5. The van der Waals surface area contributed by atoms with Crippen LogP contribution in [0.25, 0.3) is 11.2 Å². The van der Waals surface area contributed by atoms with Gasteiger partial charge in [0.05, 0.1) is 19.5 Å². The van der Waals surface area contributed by atoms with Crippen LogP contribution in [0.15, 0.2) is 103 Å². The van der Waals surface area contributed by atoms with E-state index >= 15 is 0 Å². The van der Waals surface area contributed by atoms with Crippen LogP contribution in [0.3, 0.4) is 0 Å². The third kappa shape index (κ3) is 13.3. The van der Waals surface area contributed by atoms with Crippen LogP contribution in [0.5, 0.6) is 0 Å². The zero-order valence-corrected chi connectivity index (χ0v) is 38.7. The summed E-state index contributed by atoms with van der Waals surface area (Å²) >= 11 is 0. The molecule has 28 heteroatoms. The average molecular weight is 1010 g/mol. The number of nitrogens with one attached hydrogen (secondary N) is 2. The topological polar surface area (TPSA) is 376 Å². The Morgan fingerprint density at radius 2 is 1.56 bits per heavy atom. The lowest BCUT2D eigenvalue weighted by Gasteiger charge is -2.27. The Labute approximate surface area is 397 Å². The molecule has 0 spiro atoms. The highest BCUT2D eigenvalue weighted by Crippen LogP contribution is 2.50. The fourth-order valence-electron chi connectivity index (χ4n) is 7.69. The number of phosphoric ester groups is 2. The minimum atomic E-state index is -5.29. The van der Waals surface area contributed by atoms with E-state index in [1.165, 1.54) is 23.2 Å². The number of imidazole rings is 1. The van der Waals surface area contributed by atoms with Gasteiger partial charge in [-0.2, -0.15) is 4.98 Å². The summed E-state index contributed by atoms with van der Waals surface area (Å²) in [6, 6.07) is 16.1. The van der Waals surface area contributed by atoms with Crippen molar-refractivity contribution in [3.8, 4) is 0 Å². The van der Waals surface area contributed by atoms with E-state index in [4.69, 9.17) is 34.7 Å². The largest absolute Gasteiger partial charge is 0.472 e. The van der Waals surface area contributed by atoms with Gasteiger partial charge in [-0.1, -0.05) is 66.7 Å². The molecule has 2 aliphatic heterocycles. The summed E-state index contributed by atoms with van der Waals surface area (Å²) in [5, 5.41) is 17.4. The average Bonchev–Trinajstić information content (AvgIpc) is 4.02. The fraction of sp³-hybridized carbons (Fsp3) is 0.381. The molecule has 3 aromatic heterocycles. The molecule has 26 nitrogen and oxygen atoms in total. The Morgan fingerprint density at radius 3 is 2.21 bits per heavy atom. The number of hydrogen-bond donors (Lipinski definition) is 8. The number of ether oxygens (including phenoxy) is 3. The van der Waals surface area contributed by atoms with Crippen molar-refractivity contribution < 1.29 is 71.1 Å². The van der Waals surface area contributed by atoms with Gasteiger partial charge in [-0.15, -0.1) is 6.58 Å². The van der Waals surface area contributed by atoms with E-state index in [9.17, 15) is 48.1 Å². The molecule has 2 amide bonds. The van der Waals surface area contributed by atoms with Crippen LogP contribution in [0.2, 0.25) is 0 Å². The van der Waals surface area contributed by atoms with Gasteiger partial charge in [-0.05, 0) is 23.6 Å². The van der Waals surface area contributed by atoms with E-state index in [0.717, 1.165) is 10.9 Å². The molecule has 10 atom stereocenters. The first-order chi connectivity index (χ1) is 33.4. The molecule has 374 valence electrons. The van der Waals surface area contributed by atoms with Crippen molar-refractivity contribution in [1.29, 1.82) is 0 Å². The lowest BCUT2D eigenvalue weighted by atomic mass is 10.0. The number of hydrogen-bond acceptors (Lipinski definition) is 19. The molecule has 5 aromatic rings. The van der Waals surface area contributed by atoms with Crippen molar-refractivity contribution in [2.24, 2.45) is 0 Å². The second-order valence-corrected chi connectivity index (χ2v) is 18.7. The predicted octanol–water partition coefficient (Wildman–Crippen LogP) is 0.738. The molecular formula is C42H50N10O16P2. The maximum Gasteiger partial charge on any atom is 0.472 e. The molecule has 2 aromatic carbocycles. The van der Waals surface area contributed by atoms with Gasteiger partial charge in [0, 0.05) is 31.9 Å². The van der Waals surface area contributed by atoms with Crippen molar-refractivity contribution in [2.45, 2.75) is 87.2 Å². The number of carbonyl (C=O) groups excluding carboxylic acids is 3. The molecule has 2 saturated heterocycles. The van der Waals surface area contributed by atoms with Crippen LogP contribution in [-0.4, -0.2) is 122 Å². The van der Waals surface area contributed by atoms with Crippen LogP contribution in [0.4, 0.5) is 11.6 Å². The molecule has 2 aliphatic rings. The van der Waals surface area contributed by atoms with Gasteiger partial charge < -0.3 is 56.1 Å². The second kappa shape index (κ2) is 22.6. The Kier molecular flexibility index (Phi) is 16.7. The number of nitrogens with two attached hydrogens (primary N) is 2. The highest BCUT2D eigenvalue weighted by molar-refractivity contribution is 7.47. The van der Waals surface area contributed by atoms with E-state index < -0.39 is 107 Å². The highest BCUT2D eigenvalue weighted by Gasteiger charge is 2.50. The SMILES string of the molecule is C=CCCC(=O)N[C@@H](Cc1ccccc1)C(=O)N[C@@H](Cc1ccccc1)C(=O)OC1C(COP(=O)(O)O[C@@H]2C[C@H](n3ccc(N)nc3=O)OC2COP(=O)(O)O)OC(n2cnc3c(N)ncnc32)C1O. The number of carbonyl (C=O) groups is 3. The number of aliphatic hydroxyl groups is 1. The zero-order chi connectivity index (χ0) is 50.2. The summed E-state index contributed by atoms with van der Waals surface area (Å²) in [7, 11) is -10.4. The molecule has 0 saturated carbocycles. The molecule has 7 rings (SSSR count). The molecule has 0 aliphatic carbocycles. The summed E-state index contributed by atoms with van der Waals surface area (Å²) in [5.41, 5.74) is 12.2. The quantitative estimate of drug-likeness (QED) is 0.0269. The molecule has 6 unspecified atom stereocenters. The predicted molar refractivity (Wildman–Crippen MR) is 243 cm³/mol. The van der Waals surface area contributed by atoms with Crippen LogP contribution in [0.1, 0.15) is 42.8 Å². The monoisotopic (exact) mass is 1010 g/mol. The van der Waals surface area contributed by atoms with E-state index in [1.54, 1.807) is 66.7 Å². The lowest BCUT2D eigenvalue weighted by Crippen LogP contribution is -2.54. The Hall–Kier alpha value is -6.28. The smallest absolute Gasteiger partial charge is 0.455 e. The number of phosphoric acid groups is 2. The molecule has 5 heterocycles. The normalized spacial score (nSPS) is 23.0. The van der Waals surface area contributed by atoms with Gasteiger partial charge in [0.25, 0.3) is 0 Å². The molecule has 0 radical (unpaired) electrons. The number of nitrogen functional groups attached to an aromatic ring is 2. The molecule has 0 bridgehead atoms. The number of allylic oxidation sites excluding steroid dienone is 1. The van der Waals surface area contributed by atoms with E-state index in [0.29, 0.717) is 17.5 Å². The maximum absolute atomic E-state index is 14.5. The van der Waals surface area contributed by atoms with Gasteiger partial charge in [0.15, 0.2) is 23.8 Å². The number of aliphatic hydroxyl groups excluding tert-OH is 1. The van der Waals surface area contributed by atoms with E-state index in [2.05, 4.69) is 41.7 Å². The first kappa shape index (κ1) is 51.6. The van der Waals surface area contributed by atoms with E-state index in [-0.39, 0.29) is 48.5 Å². The third-order valence-corrected chi connectivity index (χ3v) is 12.5. The van der Waals surface area contributed by atoms with Gasteiger partial charge >= 0.3 is 27.3 Å². The van der Waals surface area contributed by atoms with E-state index in [1.807, 2.05) is 0 Å². The number of aromatic nitrogens is 6. The van der Waals surface area contributed by atoms with Gasteiger partial charge in [-0.25, -0.2) is 33.7 Å². The lowest BCUT2D eigenvalue weighted by molar-refractivity contribution is -0.160. The number of rotatable bonds is 22. The summed E-state index contributed by atoms with van der Waals surface area (Å²) in [5.74, 6) is -2.40. The standard InChI is InChI=1S/C42H50N10O16P2/c1-2-3-14-32(53)48-26(17-24-10-6-4-7-11-24)39(55)49-27(18-25-12-8-5-9-13-25)41(56)67-36-30(66-40(35(36)54)52-23-47-34-37(44)45-22-46-38(34)52)21-64-70(61,62)68-28-19-33(51-16-15-31(43)50-42(51)57)65-29(28)20-63-69(58,59)60/h2,4-13,15-16,22-23,26-30,33,35-36,40,54H,1,3,14,17-21H2,(H,48,53)(H,49,55)(H,61,62)(H2,43,50,57)(H2,44,45,46)(H2,58,59,60)/t26-,27-,28+,29?,30?,33+,35?,36?,40?/m0/s1. The number of amides is 2. The van der Waals surface area contributed by atoms with Crippen LogP contribution >= 0.6 is 15.6 Å². The first-order valence-electron chi connectivity index (χ1n) is 21.5.